The Bertz CT molecular complexity index is 976. The predicted molar refractivity (Wildman–Crippen MR) is 116 cm³/mol. The molecule has 0 aliphatic carbocycles. The van der Waals surface area contributed by atoms with E-state index < -0.39 is 23.6 Å². The highest BCUT2D eigenvalue weighted by molar-refractivity contribution is 6.31. The molecule has 30 heavy (non-hydrogen) atoms. The van der Waals surface area contributed by atoms with E-state index in [0.717, 1.165) is 0 Å². The molecular formula is C23H20Cl2O5. The summed E-state index contributed by atoms with van der Waals surface area (Å²) < 4.78 is 9.63. The van der Waals surface area contributed by atoms with Crippen LogP contribution in [0.4, 0.5) is 0 Å². The summed E-state index contributed by atoms with van der Waals surface area (Å²) in [6.07, 6.45) is 1.20. The first kappa shape index (κ1) is 23.4. The first-order valence-electron chi connectivity index (χ1n) is 8.88. The summed E-state index contributed by atoms with van der Waals surface area (Å²) in [5.41, 5.74) is 1.26. The van der Waals surface area contributed by atoms with E-state index in [0.29, 0.717) is 21.2 Å². The van der Waals surface area contributed by atoms with Crippen molar-refractivity contribution < 1.29 is 23.9 Å². The lowest BCUT2D eigenvalue weighted by Gasteiger charge is -2.20. The monoisotopic (exact) mass is 446 g/mol. The molecule has 0 saturated carbocycles. The molecule has 156 valence electrons. The normalized spacial score (nSPS) is 12.1. The number of ketones is 1. The fraction of sp³-hybridized carbons (Fsp3) is 0.174. The highest BCUT2D eigenvalue weighted by atomic mass is 35.5. The number of allylic oxidation sites excluding steroid dienone is 1. The lowest BCUT2D eigenvalue weighted by atomic mass is 9.85. The second-order valence-electron chi connectivity index (χ2n) is 6.36. The van der Waals surface area contributed by atoms with Crippen LogP contribution in [0.2, 0.25) is 10.0 Å². The zero-order chi connectivity index (χ0) is 22.3. The molecule has 0 aromatic heterocycles. The summed E-state index contributed by atoms with van der Waals surface area (Å²) in [4.78, 5) is 37.2. The van der Waals surface area contributed by atoms with Crippen LogP contribution >= 0.6 is 23.2 Å². The van der Waals surface area contributed by atoms with E-state index >= 15 is 0 Å². The van der Waals surface area contributed by atoms with Gasteiger partial charge < -0.3 is 9.47 Å². The van der Waals surface area contributed by atoms with Gasteiger partial charge in [0.05, 0.1) is 14.2 Å². The van der Waals surface area contributed by atoms with Crippen molar-refractivity contribution in [2.45, 2.75) is 12.3 Å². The average molecular weight is 447 g/mol. The maximum Gasteiger partial charge on any atom is 0.333 e. The van der Waals surface area contributed by atoms with Gasteiger partial charge >= 0.3 is 11.9 Å². The minimum atomic E-state index is -0.686. The van der Waals surface area contributed by atoms with E-state index in [1.807, 2.05) is 0 Å². The van der Waals surface area contributed by atoms with Crippen LogP contribution in [0.5, 0.6) is 0 Å². The fourth-order valence-electron chi connectivity index (χ4n) is 2.82. The summed E-state index contributed by atoms with van der Waals surface area (Å²) in [5, 5.41) is 1.00. The van der Waals surface area contributed by atoms with E-state index in [4.69, 9.17) is 32.7 Å². The Kier molecular flexibility index (Phi) is 8.39. The molecule has 0 bridgehead atoms. The molecule has 7 heteroatoms. The van der Waals surface area contributed by atoms with Crippen molar-refractivity contribution in [2.24, 2.45) is 0 Å². The zero-order valence-corrected chi connectivity index (χ0v) is 18.0. The minimum absolute atomic E-state index is 0.00156. The standard InChI is InChI=1S/C23H20Cl2O5/c1-14(22(27)29-2)20(15-4-8-18(24)9-5-15)12-17(23(28)30-3)13-21(26)16-6-10-19(25)11-7-16/h4-11,13,20H,1,12H2,2-3H3/b17-13+. The highest BCUT2D eigenvalue weighted by Gasteiger charge is 2.26. The molecule has 0 radical (unpaired) electrons. The van der Waals surface area contributed by atoms with Crippen molar-refractivity contribution in [1.29, 1.82) is 0 Å². The van der Waals surface area contributed by atoms with Crippen LogP contribution in [0, 0.1) is 0 Å². The van der Waals surface area contributed by atoms with Crippen molar-refractivity contribution in [3.8, 4) is 0 Å². The molecule has 0 amide bonds. The first-order valence-corrected chi connectivity index (χ1v) is 9.63. The van der Waals surface area contributed by atoms with Crippen molar-refractivity contribution in [3.05, 3.63) is 93.5 Å². The summed E-state index contributed by atoms with van der Waals surface area (Å²) in [7, 11) is 2.46. The van der Waals surface area contributed by atoms with Gasteiger partial charge in [-0.15, -0.1) is 0 Å². The fourth-order valence-corrected chi connectivity index (χ4v) is 3.07. The number of ether oxygens (including phenoxy) is 2. The van der Waals surface area contributed by atoms with E-state index in [1.54, 1.807) is 48.5 Å². The molecule has 0 heterocycles. The summed E-state index contributed by atoms with van der Waals surface area (Å²) in [6, 6.07) is 13.0. The molecule has 1 atom stereocenters. The van der Waals surface area contributed by atoms with Crippen LogP contribution in [0.25, 0.3) is 0 Å². The average Bonchev–Trinajstić information content (AvgIpc) is 2.76. The number of halogens is 2. The van der Waals surface area contributed by atoms with Gasteiger partial charge in [0.25, 0.3) is 0 Å². The Morgan fingerprint density at radius 2 is 1.40 bits per heavy atom. The molecule has 0 spiro atoms. The highest BCUT2D eigenvalue weighted by Crippen LogP contribution is 2.32. The Labute approximate surface area is 184 Å². The number of carbonyl (C=O) groups excluding carboxylic acids is 3. The van der Waals surface area contributed by atoms with Gasteiger partial charge in [-0.2, -0.15) is 0 Å². The van der Waals surface area contributed by atoms with E-state index in [9.17, 15) is 14.4 Å². The third-order valence-electron chi connectivity index (χ3n) is 4.45. The van der Waals surface area contributed by atoms with Crippen LogP contribution in [0.15, 0.2) is 72.3 Å². The van der Waals surface area contributed by atoms with Gasteiger partial charge in [0.2, 0.25) is 0 Å². The third kappa shape index (κ3) is 6.05. The topological polar surface area (TPSA) is 69.7 Å². The lowest BCUT2D eigenvalue weighted by Crippen LogP contribution is -2.17. The van der Waals surface area contributed by atoms with Gasteiger partial charge in [0.1, 0.15) is 0 Å². The summed E-state index contributed by atoms with van der Waals surface area (Å²) in [6.45, 7) is 3.82. The molecule has 0 N–H and O–H groups in total. The molecule has 2 aromatic rings. The lowest BCUT2D eigenvalue weighted by molar-refractivity contribution is -0.137. The number of hydrogen-bond donors (Lipinski definition) is 0. The first-order chi connectivity index (χ1) is 14.3. The Morgan fingerprint density at radius 3 is 1.90 bits per heavy atom. The maximum absolute atomic E-state index is 12.7. The summed E-state index contributed by atoms with van der Waals surface area (Å²) >= 11 is 11.8. The largest absolute Gasteiger partial charge is 0.466 e. The number of hydrogen-bond acceptors (Lipinski definition) is 5. The molecule has 0 aliphatic rings. The molecule has 1 unspecified atom stereocenters. The quantitative estimate of drug-likeness (QED) is 0.317. The van der Waals surface area contributed by atoms with Gasteiger partial charge in [0, 0.05) is 32.7 Å². The van der Waals surface area contributed by atoms with Crippen LogP contribution < -0.4 is 0 Å². The number of esters is 2. The molecular weight excluding hydrogens is 427 g/mol. The molecule has 0 fully saturated rings. The SMILES string of the molecule is C=C(C(=O)OC)C(C/C(=C\C(=O)c1ccc(Cl)cc1)C(=O)OC)c1ccc(Cl)cc1. The van der Waals surface area contributed by atoms with Gasteiger partial charge in [-0.25, -0.2) is 9.59 Å². The van der Waals surface area contributed by atoms with Crippen molar-refractivity contribution in [2.75, 3.05) is 14.2 Å². The number of methoxy groups -OCH3 is 2. The Balaban J connectivity index is 2.44. The molecule has 2 aromatic carbocycles. The van der Waals surface area contributed by atoms with Crippen LogP contribution in [0.1, 0.15) is 28.3 Å². The Hall–Kier alpha value is -2.89. The summed E-state index contributed by atoms with van der Waals surface area (Å²) in [5.74, 6) is -2.33. The van der Waals surface area contributed by atoms with Gasteiger partial charge in [0.15, 0.2) is 5.78 Å². The van der Waals surface area contributed by atoms with E-state index in [1.165, 1.54) is 20.3 Å². The second kappa shape index (κ2) is 10.8. The minimum Gasteiger partial charge on any atom is -0.466 e. The van der Waals surface area contributed by atoms with Gasteiger partial charge in [-0.3, -0.25) is 4.79 Å². The smallest absolute Gasteiger partial charge is 0.333 e. The van der Waals surface area contributed by atoms with Gasteiger partial charge in [-0.1, -0.05) is 41.9 Å². The Morgan fingerprint density at radius 1 is 0.900 bits per heavy atom. The van der Waals surface area contributed by atoms with E-state index in [-0.39, 0.29) is 17.6 Å². The number of carbonyl (C=O) groups is 3. The van der Waals surface area contributed by atoms with Gasteiger partial charge in [-0.05, 0) is 54.5 Å². The second-order valence-corrected chi connectivity index (χ2v) is 7.23. The molecule has 2 rings (SSSR count). The van der Waals surface area contributed by atoms with Crippen molar-refractivity contribution in [1.82, 2.24) is 0 Å². The zero-order valence-electron chi connectivity index (χ0n) is 16.5. The third-order valence-corrected chi connectivity index (χ3v) is 4.95. The van der Waals surface area contributed by atoms with E-state index in [2.05, 4.69) is 6.58 Å². The maximum atomic E-state index is 12.7. The molecule has 5 nitrogen and oxygen atoms in total. The van der Waals surface area contributed by atoms with Crippen LogP contribution in [-0.2, 0) is 19.1 Å². The van der Waals surface area contributed by atoms with Crippen molar-refractivity contribution >= 4 is 40.9 Å². The van der Waals surface area contributed by atoms with Crippen molar-refractivity contribution in [3.63, 3.8) is 0 Å². The van der Waals surface area contributed by atoms with Crippen LogP contribution in [0.3, 0.4) is 0 Å². The number of benzene rings is 2. The molecule has 0 saturated heterocycles. The molecule has 0 aliphatic heterocycles. The number of rotatable bonds is 8. The predicted octanol–water partition coefficient (Wildman–Crippen LogP) is 5.18. The van der Waals surface area contributed by atoms with Crippen LogP contribution in [-0.4, -0.2) is 31.9 Å².